The molecule has 0 spiro atoms. The first-order valence-electron chi connectivity index (χ1n) is 12.0. The maximum absolute atomic E-state index is 5.90. The standard InChI is InChI=1S/C29H30N4OS/c1-19(2)34-24-15-13-23(14-16-24)33-28(27(31-29(33)35)26-12-8-9-17-30-26)25-18-20(3)32(21(25)4)22-10-6-5-7-11-22/h5-19,27-28H,1-4H3,(H,31,35)/t27-,28-/m1/s1. The van der Waals surface area contributed by atoms with Crippen LogP contribution in [0.4, 0.5) is 5.69 Å². The van der Waals surface area contributed by atoms with Crippen molar-refractivity contribution in [2.75, 3.05) is 4.90 Å². The number of benzene rings is 2. The third kappa shape index (κ3) is 4.42. The smallest absolute Gasteiger partial charge is 0.174 e. The van der Waals surface area contributed by atoms with Gasteiger partial charge >= 0.3 is 0 Å². The van der Waals surface area contributed by atoms with Crippen molar-refractivity contribution in [2.45, 2.75) is 45.9 Å². The average molecular weight is 483 g/mol. The number of rotatable bonds is 6. The quantitative estimate of drug-likeness (QED) is 0.320. The number of hydrogen-bond donors (Lipinski definition) is 1. The fraction of sp³-hybridized carbons (Fsp3) is 0.241. The summed E-state index contributed by atoms with van der Waals surface area (Å²) in [6, 6.07) is 26.8. The highest BCUT2D eigenvalue weighted by Crippen LogP contribution is 2.44. The Labute approximate surface area is 212 Å². The molecule has 1 aliphatic rings. The number of thiocarbonyl (C=S) groups is 1. The van der Waals surface area contributed by atoms with Crippen LogP contribution in [0.5, 0.6) is 5.75 Å². The van der Waals surface area contributed by atoms with Crippen molar-refractivity contribution in [3.8, 4) is 11.4 Å². The second kappa shape index (κ2) is 9.55. The van der Waals surface area contributed by atoms with Gasteiger partial charge in [0.1, 0.15) is 5.75 Å². The van der Waals surface area contributed by atoms with E-state index < -0.39 is 0 Å². The molecule has 1 fully saturated rings. The molecule has 1 aliphatic heterocycles. The van der Waals surface area contributed by atoms with Crippen LogP contribution in [0.25, 0.3) is 5.69 Å². The molecule has 4 aromatic rings. The Morgan fingerprint density at radius 1 is 0.914 bits per heavy atom. The highest BCUT2D eigenvalue weighted by molar-refractivity contribution is 7.80. The first-order chi connectivity index (χ1) is 16.9. The minimum atomic E-state index is -0.0833. The van der Waals surface area contributed by atoms with E-state index in [9.17, 15) is 0 Å². The third-order valence-corrected chi connectivity index (χ3v) is 6.70. The molecule has 0 saturated carbocycles. The van der Waals surface area contributed by atoms with Crippen molar-refractivity contribution in [2.24, 2.45) is 0 Å². The van der Waals surface area contributed by atoms with E-state index in [0.29, 0.717) is 5.11 Å². The minimum Gasteiger partial charge on any atom is -0.491 e. The molecule has 0 radical (unpaired) electrons. The van der Waals surface area contributed by atoms with Gasteiger partial charge in [0.2, 0.25) is 0 Å². The summed E-state index contributed by atoms with van der Waals surface area (Å²) in [6.45, 7) is 8.40. The Balaban J connectivity index is 1.62. The molecule has 0 amide bonds. The summed E-state index contributed by atoms with van der Waals surface area (Å²) in [5.41, 5.74) is 6.73. The normalized spacial score (nSPS) is 17.6. The summed E-state index contributed by atoms with van der Waals surface area (Å²) < 4.78 is 8.18. The second-order valence-corrected chi connectivity index (χ2v) is 9.54. The van der Waals surface area contributed by atoms with Crippen LogP contribution < -0.4 is 15.0 Å². The van der Waals surface area contributed by atoms with E-state index in [4.69, 9.17) is 17.0 Å². The Bertz CT molecular complexity index is 1320. The van der Waals surface area contributed by atoms with Gasteiger partial charge in [-0.25, -0.2) is 0 Å². The Kier molecular flexibility index (Phi) is 6.31. The highest BCUT2D eigenvalue weighted by atomic mass is 32.1. The number of nitrogens with one attached hydrogen (secondary N) is 1. The molecule has 0 bridgehead atoms. The van der Waals surface area contributed by atoms with Crippen molar-refractivity contribution in [3.05, 3.63) is 108 Å². The molecular formula is C29H30N4OS. The van der Waals surface area contributed by atoms with Gasteiger partial charge in [0, 0.05) is 29.0 Å². The van der Waals surface area contributed by atoms with Gasteiger partial charge in [0.05, 0.1) is 23.9 Å². The van der Waals surface area contributed by atoms with Gasteiger partial charge < -0.3 is 19.5 Å². The van der Waals surface area contributed by atoms with Gasteiger partial charge in [-0.1, -0.05) is 24.3 Å². The number of anilines is 1. The summed E-state index contributed by atoms with van der Waals surface area (Å²) in [5.74, 6) is 0.849. The van der Waals surface area contributed by atoms with Crippen LogP contribution in [-0.2, 0) is 0 Å². The fourth-order valence-corrected chi connectivity index (χ4v) is 5.31. The van der Waals surface area contributed by atoms with E-state index in [1.165, 1.54) is 17.0 Å². The molecule has 1 saturated heterocycles. The van der Waals surface area contributed by atoms with Crippen LogP contribution >= 0.6 is 12.2 Å². The summed E-state index contributed by atoms with van der Waals surface area (Å²) in [5, 5.41) is 4.25. The molecule has 3 heterocycles. The highest BCUT2D eigenvalue weighted by Gasteiger charge is 2.42. The predicted octanol–water partition coefficient (Wildman–Crippen LogP) is 6.45. The number of aryl methyl sites for hydroxylation is 1. The Morgan fingerprint density at radius 3 is 2.29 bits per heavy atom. The van der Waals surface area contributed by atoms with E-state index in [-0.39, 0.29) is 18.2 Å². The number of ether oxygens (including phenoxy) is 1. The Morgan fingerprint density at radius 2 is 1.63 bits per heavy atom. The predicted molar refractivity (Wildman–Crippen MR) is 145 cm³/mol. The molecule has 6 heteroatoms. The van der Waals surface area contributed by atoms with Crippen LogP contribution in [0.1, 0.15) is 48.6 Å². The molecule has 5 rings (SSSR count). The van der Waals surface area contributed by atoms with Crippen molar-refractivity contribution in [3.63, 3.8) is 0 Å². The van der Waals surface area contributed by atoms with Crippen molar-refractivity contribution in [1.82, 2.24) is 14.9 Å². The topological polar surface area (TPSA) is 42.3 Å². The average Bonchev–Trinajstić information content (AvgIpc) is 3.35. The molecule has 0 unspecified atom stereocenters. The number of pyridine rings is 1. The molecule has 5 nitrogen and oxygen atoms in total. The largest absolute Gasteiger partial charge is 0.491 e. The lowest BCUT2D eigenvalue weighted by atomic mass is 9.96. The van der Waals surface area contributed by atoms with Gasteiger partial charge in [-0.2, -0.15) is 0 Å². The SMILES string of the molecule is Cc1cc([C@@H]2[C@@H](c3ccccn3)NC(=S)N2c2ccc(OC(C)C)cc2)c(C)n1-c1ccccc1. The number of nitrogens with zero attached hydrogens (tertiary/aromatic N) is 3. The molecule has 2 aromatic heterocycles. The van der Waals surface area contributed by atoms with Gasteiger partial charge in [0.15, 0.2) is 5.11 Å². The van der Waals surface area contributed by atoms with Gasteiger partial charge in [-0.15, -0.1) is 0 Å². The molecule has 1 N–H and O–H groups in total. The lowest BCUT2D eigenvalue weighted by molar-refractivity contribution is 0.242. The number of hydrogen-bond acceptors (Lipinski definition) is 3. The number of para-hydroxylation sites is 1. The second-order valence-electron chi connectivity index (χ2n) is 9.15. The monoisotopic (exact) mass is 482 g/mol. The zero-order chi connectivity index (χ0) is 24.5. The number of aromatic nitrogens is 2. The zero-order valence-corrected chi connectivity index (χ0v) is 21.3. The van der Waals surface area contributed by atoms with E-state index in [1.54, 1.807) is 0 Å². The van der Waals surface area contributed by atoms with E-state index in [0.717, 1.165) is 22.8 Å². The molecule has 0 aliphatic carbocycles. The maximum Gasteiger partial charge on any atom is 0.174 e. The van der Waals surface area contributed by atoms with E-state index in [2.05, 4.69) is 82.1 Å². The summed E-state index contributed by atoms with van der Waals surface area (Å²) >= 11 is 5.90. The van der Waals surface area contributed by atoms with Crippen molar-refractivity contribution < 1.29 is 4.74 Å². The minimum absolute atomic E-state index is 0.0575. The maximum atomic E-state index is 5.90. The van der Waals surface area contributed by atoms with Crippen molar-refractivity contribution >= 4 is 23.0 Å². The van der Waals surface area contributed by atoms with Crippen LogP contribution in [0, 0.1) is 13.8 Å². The lowest BCUT2D eigenvalue weighted by Crippen LogP contribution is -2.29. The summed E-state index contributed by atoms with van der Waals surface area (Å²) in [4.78, 5) is 6.90. The van der Waals surface area contributed by atoms with Crippen molar-refractivity contribution in [1.29, 1.82) is 0 Å². The molecular weight excluding hydrogens is 452 g/mol. The summed E-state index contributed by atoms with van der Waals surface area (Å²) in [6.07, 6.45) is 1.96. The third-order valence-electron chi connectivity index (χ3n) is 6.39. The molecule has 2 atom stereocenters. The lowest BCUT2D eigenvalue weighted by Gasteiger charge is -2.28. The fourth-order valence-electron chi connectivity index (χ4n) is 4.97. The summed E-state index contributed by atoms with van der Waals surface area (Å²) in [7, 11) is 0. The van der Waals surface area contributed by atoms with Crippen LogP contribution in [0.3, 0.4) is 0 Å². The van der Waals surface area contributed by atoms with Crippen LogP contribution in [0.2, 0.25) is 0 Å². The van der Waals surface area contributed by atoms with Gasteiger partial charge in [-0.3, -0.25) is 4.98 Å². The zero-order valence-electron chi connectivity index (χ0n) is 20.5. The first kappa shape index (κ1) is 23.1. The van der Waals surface area contributed by atoms with Gasteiger partial charge in [-0.05, 0) is 100 Å². The van der Waals surface area contributed by atoms with Crippen LogP contribution in [0.15, 0.2) is 85.1 Å². The Hall–Kier alpha value is -3.64. The van der Waals surface area contributed by atoms with Gasteiger partial charge in [0.25, 0.3) is 0 Å². The molecule has 35 heavy (non-hydrogen) atoms. The molecule has 2 aromatic carbocycles. The van der Waals surface area contributed by atoms with E-state index in [1.807, 2.05) is 50.4 Å². The van der Waals surface area contributed by atoms with E-state index >= 15 is 0 Å². The molecule has 178 valence electrons. The first-order valence-corrected chi connectivity index (χ1v) is 12.4. The van der Waals surface area contributed by atoms with Crippen LogP contribution in [-0.4, -0.2) is 20.8 Å².